The van der Waals surface area contributed by atoms with Crippen molar-refractivity contribution < 1.29 is 14.6 Å². The van der Waals surface area contributed by atoms with Gasteiger partial charge in [-0.05, 0) is 31.0 Å². The summed E-state index contributed by atoms with van der Waals surface area (Å²) in [7, 11) is 0. The highest BCUT2D eigenvalue weighted by Crippen LogP contribution is 2.22. The quantitative estimate of drug-likeness (QED) is 0.863. The topological polar surface area (TPSA) is 61.8 Å². The number of carbonyl (C=O) groups excluding carboxylic acids is 1. The normalized spacial score (nSPS) is 20.1. The van der Waals surface area contributed by atoms with Crippen molar-refractivity contribution >= 4 is 11.6 Å². The van der Waals surface area contributed by atoms with Crippen LogP contribution >= 0.6 is 0 Å². The molecule has 2 rings (SSSR count). The Morgan fingerprint density at radius 1 is 1.48 bits per heavy atom. The van der Waals surface area contributed by atoms with Crippen LogP contribution in [0.1, 0.15) is 31.9 Å². The van der Waals surface area contributed by atoms with Crippen LogP contribution in [0.3, 0.4) is 0 Å². The second kappa shape index (κ2) is 7.43. The average molecular weight is 292 g/mol. The summed E-state index contributed by atoms with van der Waals surface area (Å²) in [5, 5.41) is 12.5. The number of amides is 1. The van der Waals surface area contributed by atoms with Crippen LogP contribution in [0.25, 0.3) is 0 Å². The molecule has 1 aromatic carbocycles. The highest BCUT2D eigenvalue weighted by Gasteiger charge is 2.29. The Hall–Kier alpha value is -1.59. The molecule has 5 nitrogen and oxygen atoms in total. The molecule has 0 radical (unpaired) electrons. The van der Waals surface area contributed by atoms with Crippen molar-refractivity contribution in [3.05, 3.63) is 29.8 Å². The number of aliphatic hydroxyl groups excluding tert-OH is 1. The number of carbonyl (C=O) groups is 1. The van der Waals surface area contributed by atoms with Gasteiger partial charge in [-0.15, -0.1) is 0 Å². The number of benzene rings is 1. The van der Waals surface area contributed by atoms with E-state index in [1.807, 2.05) is 31.2 Å². The first-order valence-electron chi connectivity index (χ1n) is 7.53. The Balaban J connectivity index is 2.12. The molecule has 2 atom stereocenters. The minimum absolute atomic E-state index is 0.0103. The van der Waals surface area contributed by atoms with Crippen molar-refractivity contribution in [2.24, 2.45) is 0 Å². The summed E-state index contributed by atoms with van der Waals surface area (Å²) in [5.41, 5.74) is 1.86. The van der Waals surface area contributed by atoms with Crippen molar-refractivity contribution in [2.45, 2.75) is 32.4 Å². The first kappa shape index (κ1) is 15.8. The van der Waals surface area contributed by atoms with E-state index in [-0.39, 0.29) is 11.9 Å². The summed E-state index contributed by atoms with van der Waals surface area (Å²) >= 11 is 0. The average Bonchev–Trinajstić information content (AvgIpc) is 2.52. The monoisotopic (exact) mass is 292 g/mol. The van der Waals surface area contributed by atoms with Crippen LogP contribution in [0.15, 0.2) is 24.3 Å². The van der Waals surface area contributed by atoms with Gasteiger partial charge in [0.25, 0.3) is 0 Å². The largest absolute Gasteiger partial charge is 0.389 e. The van der Waals surface area contributed by atoms with Crippen molar-refractivity contribution in [3.8, 4) is 0 Å². The number of ether oxygens (including phenoxy) is 1. The standard InChI is InChI=1S/C16H24N2O3/c1-3-8-17-16(20)15-11-21-10-9-18(15)14-6-4-13(5-7-14)12(2)19/h4-7,12,15,19H,3,8-11H2,1-2H3,(H,17,20)/t12-,15?/m1/s1. The van der Waals surface area contributed by atoms with Gasteiger partial charge in [0.1, 0.15) is 6.04 Å². The predicted molar refractivity (Wildman–Crippen MR) is 82.3 cm³/mol. The Morgan fingerprint density at radius 2 is 2.19 bits per heavy atom. The number of nitrogens with zero attached hydrogens (tertiary/aromatic N) is 1. The van der Waals surface area contributed by atoms with Crippen LogP contribution in [0.5, 0.6) is 0 Å². The lowest BCUT2D eigenvalue weighted by Crippen LogP contribution is -2.54. The zero-order valence-electron chi connectivity index (χ0n) is 12.7. The molecule has 2 N–H and O–H groups in total. The van der Waals surface area contributed by atoms with E-state index in [1.165, 1.54) is 0 Å². The molecule has 116 valence electrons. The minimum Gasteiger partial charge on any atom is -0.389 e. The lowest BCUT2D eigenvalue weighted by atomic mass is 10.1. The second-order valence-corrected chi connectivity index (χ2v) is 5.34. The van der Waals surface area contributed by atoms with Crippen LogP contribution in [0.4, 0.5) is 5.69 Å². The third kappa shape index (κ3) is 3.95. The molecule has 21 heavy (non-hydrogen) atoms. The molecule has 1 saturated heterocycles. The smallest absolute Gasteiger partial charge is 0.245 e. The molecule has 1 aliphatic rings. The molecule has 1 fully saturated rings. The van der Waals surface area contributed by atoms with E-state index < -0.39 is 6.10 Å². The summed E-state index contributed by atoms with van der Waals surface area (Å²) in [6, 6.07) is 7.41. The lowest BCUT2D eigenvalue weighted by molar-refractivity contribution is -0.124. The van der Waals surface area contributed by atoms with Gasteiger partial charge >= 0.3 is 0 Å². The van der Waals surface area contributed by atoms with Gasteiger partial charge in [-0.25, -0.2) is 0 Å². The number of morpholine rings is 1. The van der Waals surface area contributed by atoms with Gasteiger partial charge in [0.05, 0.1) is 19.3 Å². The number of nitrogens with one attached hydrogen (secondary N) is 1. The van der Waals surface area contributed by atoms with E-state index in [9.17, 15) is 9.90 Å². The highest BCUT2D eigenvalue weighted by molar-refractivity contribution is 5.85. The van der Waals surface area contributed by atoms with Crippen LogP contribution in [0, 0.1) is 0 Å². The highest BCUT2D eigenvalue weighted by atomic mass is 16.5. The van der Waals surface area contributed by atoms with E-state index in [4.69, 9.17) is 4.74 Å². The van der Waals surface area contributed by atoms with E-state index in [2.05, 4.69) is 10.2 Å². The summed E-state index contributed by atoms with van der Waals surface area (Å²) in [4.78, 5) is 14.3. The van der Waals surface area contributed by atoms with E-state index in [0.29, 0.717) is 26.3 Å². The molecule has 0 bridgehead atoms. The molecule has 1 aliphatic heterocycles. The first-order chi connectivity index (χ1) is 10.1. The maximum Gasteiger partial charge on any atom is 0.245 e. The maximum absolute atomic E-state index is 12.2. The predicted octanol–water partition coefficient (Wildman–Crippen LogP) is 1.47. The van der Waals surface area contributed by atoms with Gasteiger partial charge in [-0.2, -0.15) is 0 Å². The van der Waals surface area contributed by atoms with E-state index in [0.717, 1.165) is 17.7 Å². The van der Waals surface area contributed by atoms with Crippen LogP contribution in [0.2, 0.25) is 0 Å². The van der Waals surface area contributed by atoms with Gasteiger partial charge in [0.2, 0.25) is 5.91 Å². The molecule has 0 spiro atoms. The Labute approximate surface area is 125 Å². The van der Waals surface area contributed by atoms with E-state index >= 15 is 0 Å². The Kier molecular flexibility index (Phi) is 5.59. The third-order valence-electron chi connectivity index (χ3n) is 3.69. The minimum atomic E-state index is -0.479. The van der Waals surface area contributed by atoms with Gasteiger partial charge in [0, 0.05) is 18.8 Å². The number of aliphatic hydroxyl groups is 1. The zero-order valence-corrected chi connectivity index (χ0v) is 12.7. The third-order valence-corrected chi connectivity index (χ3v) is 3.69. The van der Waals surface area contributed by atoms with Crippen molar-refractivity contribution in [1.82, 2.24) is 5.32 Å². The number of rotatable bonds is 5. The fourth-order valence-electron chi connectivity index (χ4n) is 2.44. The summed E-state index contributed by atoms with van der Waals surface area (Å²) in [6.45, 7) is 6.18. The summed E-state index contributed by atoms with van der Waals surface area (Å²) < 4.78 is 5.45. The number of hydrogen-bond donors (Lipinski definition) is 2. The van der Waals surface area contributed by atoms with Crippen LogP contribution in [-0.4, -0.2) is 43.4 Å². The zero-order chi connectivity index (χ0) is 15.2. The van der Waals surface area contributed by atoms with Crippen molar-refractivity contribution in [1.29, 1.82) is 0 Å². The fourth-order valence-corrected chi connectivity index (χ4v) is 2.44. The van der Waals surface area contributed by atoms with Crippen LogP contribution in [-0.2, 0) is 9.53 Å². The molecule has 5 heteroatoms. The SMILES string of the molecule is CCCNC(=O)C1COCCN1c1ccc([C@@H](C)O)cc1. The fraction of sp³-hybridized carbons (Fsp3) is 0.562. The molecule has 1 unspecified atom stereocenters. The molecular weight excluding hydrogens is 268 g/mol. The van der Waals surface area contributed by atoms with Gasteiger partial charge in [-0.3, -0.25) is 4.79 Å². The molecule has 0 aromatic heterocycles. The molecule has 0 aliphatic carbocycles. The Morgan fingerprint density at radius 3 is 2.81 bits per heavy atom. The lowest BCUT2D eigenvalue weighted by Gasteiger charge is -2.36. The van der Waals surface area contributed by atoms with Crippen LogP contribution < -0.4 is 10.2 Å². The van der Waals surface area contributed by atoms with Gasteiger partial charge in [-0.1, -0.05) is 19.1 Å². The molecule has 1 aromatic rings. The van der Waals surface area contributed by atoms with Crippen molar-refractivity contribution in [3.63, 3.8) is 0 Å². The van der Waals surface area contributed by atoms with Gasteiger partial charge < -0.3 is 20.1 Å². The molecule has 1 heterocycles. The second-order valence-electron chi connectivity index (χ2n) is 5.34. The maximum atomic E-state index is 12.2. The molecular formula is C16H24N2O3. The number of anilines is 1. The Bertz CT molecular complexity index is 459. The van der Waals surface area contributed by atoms with Crippen molar-refractivity contribution in [2.75, 3.05) is 31.2 Å². The summed E-state index contributed by atoms with van der Waals surface area (Å²) in [5.74, 6) is 0.0103. The van der Waals surface area contributed by atoms with E-state index in [1.54, 1.807) is 6.92 Å². The van der Waals surface area contributed by atoms with Gasteiger partial charge in [0.15, 0.2) is 0 Å². The first-order valence-corrected chi connectivity index (χ1v) is 7.53. The molecule has 1 amide bonds. The molecule has 0 saturated carbocycles. The number of hydrogen-bond acceptors (Lipinski definition) is 4. The summed E-state index contributed by atoms with van der Waals surface area (Å²) in [6.07, 6.45) is 0.440.